The van der Waals surface area contributed by atoms with E-state index in [1.165, 1.54) is 23.1 Å². The number of aromatic nitrogens is 2. The van der Waals surface area contributed by atoms with Crippen molar-refractivity contribution in [3.8, 4) is 0 Å². The number of thioether (sulfide) groups is 1. The molecule has 0 saturated carbocycles. The first kappa shape index (κ1) is 20.8. The van der Waals surface area contributed by atoms with E-state index in [4.69, 9.17) is 4.74 Å². The fourth-order valence-corrected chi connectivity index (χ4v) is 4.91. The Morgan fingerprint density at radius 2 is 2.00 bits per heavy atom. The highest BCUT2D eigenvalue weighted by Gasteiger charge is 2.17. The number of hydrogen-bond donors (Lipinski definition) is 2. The summed E-state index contributed by atoms with van der Waals surface area (Å²) in [7, 11) is 0. The van der Waals surface area contributed by atoms with E-state index < -0.39 is 0 Å². The predicted molar refractivity (Wildman–Crippen MR) is 119 cm³/mol. The third-order valence-electron chi connectivity index (χ3n) is 4.76. The van der Waals surface area contributed by atoms with Crippen LogP contribution in [0.1, 0.15) is 18.4 Å². The van der Waals surface area contributed by atoms with Crippen molar-refractivity contribution in [1.29, 1.82) is 0 Å². The molecule has 1 atom stereocenters. The molecule has 1 aliphatic rings. The number of nitrogens with zero attached hydrogens (tertiary/aromatic N) is 2. The van der Waals surface area contributed by atoms with Gasteiger partial charge in [-0.3, -0.25) is 9.59 Å². The van der Waals surface area contributed by atoms with E-state index in [2.05, 4.69) is 20.8 Å². The molecule has 3 aromatic rings. The number of anilines is 1. The van der Waals surface area contributed by atoms with Gasteiger partial charge in [0.2, 0.25) is 16.9 Å². The van der Waals surface area contributed by atoms with Gasteiger partial charge in [0.1, 0.15) is 0 Å². The SMILES string of the molecule is O=C(CSc1nnc(NC(=O)Cc2cccc3ccccc23)s1)NCC1CCCO1. The van der Waals surface area contributed by atoms with Crippen LogP contribution in [0, 0.1) is 0 Å². The van der Waals surface area contributed by atoms with Gasteiger partial charge in [-0.1, -0.05) is 65.6 Å². The molecule has 30 heavy (non-hydrogen) atoms. The second kappa shape index (κ2) is 10.0. The molecular formula is C21H22N4O3S2. The van der Waals surface area contributed by atoms with Crippen LogP contribution in [0.25, 0.3) is 10.8 Å². The molecule has 2 N–H and O–H groups in total. The Balaban J connectivity index is 1.25. The number of ether oxygens (including phenoxy) is 1. The highest BCUT2D eigenvalue weighted by atomic mass is 32.2. The zero-order valence-corrected chi connectivity index (χ0v) is 17.9. The average molecular weight is 443 g/mol. The first-order chi connectivity index (χ1) is 14.7. The van der Waals surface area contributed by atoms with E-state index >= 15 is 0 Å². The summed E-state index contributed by atoms with van der Waals surface area (Å²) in [6.07, 6.45) is 2.43. The summed E-state index contributed by atoms with van der Waals surface area (Å²) in [6.45, 7) is 1.32. The normalized spacial score (nSPS) is 15.9. The summed E-state index contributed by atoms with van der Waals surface area (Å²) in [6, 6.07) is 13.9. The molecule has 0 aliphatic carbocycles. The minimum Gasteiger partial charge on any atom is -0.376 e. The molecule has 1 aliphatic heterocycles. The second-order valence-corrected chi connectivity index (χ2v) is 9.16. The highest BCUT2D eigenvalue weighted by molar-refractivity contribution is 8.01. The number of amides is 2. The number of nitrogens with one attached hydrogen (secondary N) is 2. The van der Waals surface area contributed by atoms with E-state index in [0.29, 0.717) is 16.0 Å². The number of carbonyl (C=O) groups is 2. The van der Waals surface area contributed by atoms with Crippen LogP contribution < -0.4 is 10.6 Å². The Hall–Kier alpha value is -2.49. The minimum atomic E-state index is -0.145. The summed E-state index contributed by atoms with van der Waals surface area (Å²) in [5.41, 5.74) is 0.965. The van der Waals surface area contributed by atoms with Crippen molar-refractivity contribution in [1.82, 2.24) is 15.5 Å². The third kappa shape index (κ3) is 5.56. The Morgan fingerprint density at radius 3 is 2.87 bits per heavy atom. The quantitative estimate of drug-likeness (QED) is 0.411. The molecule has 0 spiro atoms. The summed E-state index contributed by atoms with van der Waals surface area (Å²) >= 11 is 2.57. The van der Waals surface area contributed by atoms with Gasteiger partial charge in [0.05, 0.1) is 18.3 Å². The van der Waals surface area contributed by atoms with Crippen molar-refractivity contribution >= 4 is 50.8 Å². The van der Waals surface area contributed by atoms with Crippen LogP contribution in [0.4, 0.5) is 5.13 Å². The molecule has 0 bridgehead atoms. The van der Waals surface area contributed by atoms with Crippen molar-refractivity contribution in [3.05, 3.63) is 48.0 Å². The van der Waals surface area contributed by atoms with Gasteiger partial charge in [-0.25, -0.2) is 0 Å². The van der Waals surface area contributed by atoms with Crippen molar-refractivity contribution in [2.75, 3.05) is 24.2 Å². The van der Waals surface area contributed by atoms with Gasteiger partial charge >= 0.3 is 0 Å². The van der Waals surface area contributed by atoms with Crippen molar-refractivity contribution < 1.29 is 14.3 Å². The van der Waals surface area contributed by atoms with Gasteiger partial charge in [0.25, 0.3) is 0 Å². The Bertz CT molecular complexity index is 1030. The molecule has 1 aromatic heterocycles. The lowest BCUT2D eigenvalue weighted by molar-refractivity contribution is -0.119. The summed E-state index contributed by atoms with van der Waals surface area (Å²) < 4.78 is 6.13. The van der Waals surface area contributed by atoms with Crippen molar-refractivity contribution in [2.24, 2.45) is 0 Å². The van der Waals surface area contributed by atoms with Gasteiger partial charge in [-0.2, -0.15) is 0 Å². The van der Waals surface area contributed by atoms with E-state index in [0.717, 1.165) is 35.8 Å². The number of fused-ring (bicyclic) bond motifs is 1. The lowest BCUT2D eigenvalue weighted by atomic mass is 10.0. The molecule has 7 nitrogen and oxygen atoms in total. The molecule has 156 valence electrons. The van der Waals surface area contributed by atoms with E-state index in [1.54, 1.807) is 0 Å². The molecule has 0 radical (unpaired) electrons. The Kier molecular flexibility index (Phi) is 6.93. The molecule has 1 unspecified atom stereocenters. The van der Waals surface area contributed by atoms with Gasteiger partial charge in [-0.15, -0.1) is 10.2 Å². The van der Waals surface area contributed by atoms with Crippen LogP contribution in [0.3, 0.4) is 0 Å². The zero-order valence-electron chi connectivity index (χ0n) is 16.3. The standard InChI is InChI=1S/C21H22N4O3S2/c26-18(11-15-7-3-6-14-5-1-2-9-17(14)15)23-20-24-25-21(30-20)29-13-19(27)22-12-16-8-4-10-28-16/h1-3,5-7,9,16H,4,8,10-13H2,(H,22,27)(H,23,24,26). The van der Waals surface area contributed by atoms with Crippen LogP contribution in [-0.4, -0.2) is 47.0 Å². The smallest absolute Gasteiger partial charge is 0.230 e. The minimum absolute atomic E-state index is 0.0627. The number of hydrogen-bond acceptors (Lipinski definition) is 7. The molecule has 2 amide bonds. The monoisotopic (exact) mass is 442 g/mol. The van der Waals surface area contributed by atoms with Crippen LogP contribution in [-0.2, 0) is 20.7 Å². The first-order valence-corrected chi connectivity index (χ1v) is 11.6. The predicted octanol–water partition coefficient (Wildman–Crippen LogP) is 3.26. The highest BCUT2D eigenvalue weighted by Crippen LogP contribution is 2.26. The molecule has 9 heteroatoms. The number of rotatable bonds is 8. The second-order valence-electron chi connectivity index (χ2n) is 6.96. The molecule has 1 saturated heterocycles. The summed E-state index contributed by atoms with van der Waals surface area (Å²) in [5, 5.41) is 16.3. The fourth-order valence-electron chi connectivity index (χ4n) is 3.31. The van der Waals surface area contributed by atoms with E-state index in [9.17, 15) is 9.59 Å². The molecule has 2 aromatic carbocycles. The van der Waals surface area contributed by atoms with Gasteiger partial charge < -0.3 is 15.4 Å². The number of benzene rings is 2. The van der Waals surface area contributed by atoms with Crippen LogP contribution in [0.15, 0.2) is 46.8 Å². The van der Waals surface area contributed by atoms with Gasteiger partial charge in [0, 0.05) is 13.2 Å². The molecule has 4 rings (SSSR count). The largest absolute Gasteiger partial charge is 0.376 e. The lowest BCUT2D eigenvalue weighted by Crippen LogP contribution is -2.32. The van der Waals surface area contributed by atoms with Crippen LogP contribution >= 0.6 is 23.1 Å². The van der Waals surface area contributed by atoms with E-state index in [1.807, 2.05) is 42.5 Å². The number of carbonyl (C=O) groups excluding carboxylic acids is 2. The van der Waals surface area contributed by atoms with Crippen LogP contribution in [0.5, 0.6) is 0 Å². The van der Waals surface area contributed by atoms with Crippen LogP contribution in [0.2, 0.25) is 0 Å². The maximum absolute atomic E-state index is 12.5. The topological polar surface area (TPSA) is 93.2 Å². The van der Waals surface area contributed by atoms with Gasteiger partial charge in [0.15, 0.2) is 4.34 Å². The van der Waals surface area contributed by atoms with Crippen molar-refractivity contribution in [2.45, 2.75) is 29.7 Å². The molecule has 2 heterocycles. The molecule has 1 fully saturated rings. The molecular weight excluding hydrogens is 420 g/mol. The summed E-state index contributed by atoms with van der Waals surface area (Å²) in [5.74, 6) is 0.0475. The third-order valence-corrected chi connectivity index (χ3v) is 6.73. The van der Waals surface area contributed by atoms with Gasteiger partial charge in [-0.05, 0) is 29.2 Å². The summed E-state index contributed by atoms with van der Waals surface area (Å²) in [4.78, 5) is 24.4. The maximum atomic E-state index is 12.5. The Morgan fingerprint density at radius 1 is 1.13 bits per heavy atom. The lowest BCUT2D eigenvalue weighted by Gasteiger charge is -2.09. The fraction of sp³-hybridized carbons (Fsp3) is 0.333. The van der Waals surface area contributed by atoms with E-state index in [-0.39, 0.29) is 30.1 Å². The maximum Gasteiger partial charge on any atom is 0.230 e. The average Bonchev–Trinajstić information content (AvgIpc) is 3.43. The zero-order chi connectivity index (χ0) is 20.8. The van der Waals surface area contributed by atoms with Crippen molar-refractivity contribution in [3.63, 3.8) is 0 Å². The first-order valence-electron chi connectivity index (χ1n) is 9.78. The Labute approximate surface area is 182 Å².